The molecule has 0 radical (unpaired) electrons. The van der Waals surface area contributed by atoms with Crippen LogP contribution >= 0.6 is 0 Å². The van der Waals surface area contributed by atoms with Crippen molar-refractivity contribution in [3.05, 3.63) is 47.3 Å². The van der Waals surface area contributed by atoms with Crippen LogP contribution in [0.5, 0.6) is 0 Å². The van der Waals surface area contributed by atoms with Crippen molar-refractivity contribution in [3.63, 3.8) is 0 Å². The van der Waals surface area contributed by atoms with Crippen LogP contribution in [0, 0.1) is 11.3 Å². The van der Waals surface area contributed by atoms with Crippen LogP contribution in [0.15, 0.2) is 57.6 Å². The van der Waals surface area contributed by atoms with Gasteiger partial charge in [-0.2, -0.15) is 15.5 Å². The predicted octanol–water partition coefficient (Wildman–Crippen LogP) is 2.63. The highest BCUT2D eigenvalue weighted by Crippen LogP contribution is 2.26. The first-order chi connectivity index (χ1) is 6.40. The molecule has 2 rings (SSSR count). The summed E-state index contributed by atoms with van der Waals surface area (Å²) in [6, 6.07) is 2.14. The number of nitrogens with zero attached hydrogens (tertiary/aromatic N) is 3. The number of rotatable bonds is 0. The van der Waals surface area contributed by atoms with E-state index in [1.807, 2.05) is 18.2 Å². The molecule has 3 heteroatoms. The Morgan fingerprint density at radius 3 is 3.08 bits per heavy atom. The highest BCUT2D eigenvalue weighted by molar-refractivity contribution is 5.51. The number of allylic oxidation sites excluding steroid dienone is 6. The maximum absolute atomic E-state index is 8.70. The molecule has 0 amide bonds. The lowest BCUT2D eigenvalue weighted by Gasteiger charge is -2.09. The highest BCUT2D eigenvalue weighted by Gasteiger charge is 2.10. The molecule has 0 atom stereocenters. The summed E-state index contributed by atoms with van der Waals surface area (Å²) in [7, 11) is 0. The van der Waals surface area contributed by atoms with Crippen molar-refractivity contribution in [3.8, 4) is 6.07 Å². The number of hydrogen-bond donors (Lipinski definition) is 0. The molecule has 0 saturated carbocycles. The van der Waals surface area contributed by atoms with E-state index in [4.69, 9.17) is 5.26 Å². The van der Waals surface area contributed by atoms with E-state index in [0.717, 1.165) is 16.7 Å². The van der Waals surface area contributed by atoms with E-state index in [9.17, 15) is 0 Å². The summed E-state index contributed by atoms with van der Waals surface area (Å²) >= 11 is 0. The molecule has 62 valence electrons. The molecule has 0 unspecified atom stereocenters. The van der Waals surface area contributed by atoms with Crippen LogP contribution in [0.3, 0.4) is 0 Å². The van der Waals surface area contributed by atoms with E-state index in [2.05, 4.69) is 16.3 Å². The largest absolute Gasteiger partial charge is 0.193 e. The number of nitriles is 1. The van der Waals surface area contributed by atoms with Crippen LogP contribution < -0.4 is 0 Å². The number of azo groups is 1. The first-order valence-electron chi connectivity index (χ1n) is 3.97. The lowest BCUT2D eigenvalue weighted by Crippen LogP contribution is -1.94. The first-order valence-corrected chi connectivity index (χ1v) is 3.97. The summed E-state index contributed by atoms with van der Waals surface area (Å²) in [6.45, 7) is 0. The van der Waals surface area contributed by atoms with Crippen LogP contribution in [-0.4, -0.2) is 0 Å². The van der Waals surface area contributed by atoms with E-state index < -0.39 is 0 Å². The van der Waals surface area contributed by atoms with Gasteiger partial charge in [-0.25, -0.2) is 0 Å². The van der Waals surface area contributed by atoms with Gasteiger partial charge in [-0.05, 0) is 23.3 Å². The Morgan fingerprint density at radius 2 is 2.23 bits per heavy atom. The molecule has 0 aromatic carbocycles. The summed E-state index contributed by atoms with van der Waals surface area (Å²) in [4.78, 5) is 0. The quantitative estimate of drug-likeness (QED) is 0.549. The Bertz CT molecular complexity index is 414. The zero-order valence-electron chi connectivity index (χ0n) is 6.94. The monoisotopic (exact) mass is 169 g/mol. The highest BCUT2D eigenvalue weighted by atomic mass is 15.1. The third-order valence-electron chi connectivity index (χ3n) is 1.96. The predicted molar refractivity (Wildman–Crippen MR) is 48.5 cm³/mol. The van der Waals surface area contributed by atoms with E-state index in [-0.39, 0.29) is 0 Å². The van der Waals surface area contributed by atoms with Crippen molar-refractivity contribution in [2.75, 3.05) is 0 Å². The number of fused-ring (bicyclic) bond motifs is 1. The smallest absolute Gasteiger partial charge is 0.0950 e. The summed E-state index contributed by atoms with van der Waals surface area (Å²) in [5.41, 5.74) is 2.90. The Morgan fingerprint density at radius 1 is 1.31 bits per heavy atom. The second-order valence-corrected chi connectivity index (χ2v) is 2.80. The molecule has 3 nitrogen and oxygen atoms in total. The summed E-state index contributed by atoms with van der Waals surface area (Å²) in [5, 5.41) is 16.3. The topological polar surface area (TPSA) is 48.5 Å². The fourth-order valence-electron chi connectivity index (χ4n) is 1.28. The summed E-state index contributed by atoms with van der Waals surface area (Å²) < 4.78 is 0. The van der Waals surface area contributed by atoms with E-state index in [0.29, 0.717) is 6.42 Å². The van der Waals surface area contributed by atoms with Gasteiger partial charge in [0.2, 0.25) is 0 Å². The third-order valence-corrected chi connectivity index (χ3v) is 1.96. The Labute approximate surface area is 76.1 Å². The zero-order valence-corrected chi connectivity index (χ0v) is 6.94. The van der Waals surface area contributed by atoms with Gasteiger partial charge in [0, 0.05) is 12.0 Å². The second kappa shape index (κ2) is 3.20. The Kier molecular flexibility index (Phi) is 1.89. The van der Waals surface area contributed by atoms with E-state index in [1.54, 1.807) is 12.4 Å². The molecule has 0 aromatic rings. The Hall–Kier alpha value is -1.95. The van der Waals surface area contributed by atoms with Gasteiger partial charge in [-0.1, -0.05) is 6.08 Å². The minimum Gasteiger partial charge on any atom is -0.193 e. The van der Waals surface area contributed by atoms with Crippen molar-refractivity contribution in [2.45, 2.75) is 6.42 Å². The van der Waals surface area contributed by atoms with Gasteiger partial charge in [0.1, 0.15) is 0 Å². The molecule has 1 aliphatic heterocycles. The van der Waals surface area contributed by atoms with Crippen LogP contribution in [0.25, 0.3) is 0 Å². The first kappa shape index (κ1) is 7.69. The van der Waals surface area contributed by atoms with Crippen LogP contribution in [0.4, 0.5) is 0 Å². The molecule has 2 aliphatic rings. The zero-order chi connectivity index (χ0) is 9.10. The molecule has 0 aromatic heterocycles. The molecular formula is C10H7N3. The minimum atomic E-state index is 0.658. The van der Waals surface area contributed by atoms with Crippen molar-refractivity contribution in [2.24, 2.45) is 10.2 Å². The van der Waals surface area contributed by atoms with E-state index in [1.165, 1.54) is 0 Å². The molecule has 1 aliphatic carbocycles. The third kappa shape index (κ3) is 1.47. The minimum absolute atomic E-state index is 0.658. The van der Waals surface area contributed by atoms with E-state index >= 15 is 0 Å². The van der Waals surface area contributed by atoms with Gasteiger partial charge in [0.15, 0.2) is 0 Å². The number of hydrogen-bond acceptors (Lipinski definition) is 3. The van der Waals surface area contributed by atoms with Gasteiger partial charge in [-0.3, -0.25) is 0 Å². The summed E-state index contributed by atoms with van der Waals surface area (Å²) in [6.07, 6.45) is 9.67. The average Bonchev–Trinajstić information content (AvgIpc) is 2.41. The molecule has 13 heavy (non-hydrogen) atoms. The molecule has 0 saturated heterocycles. The maximum Gasteiger partial charge on any atom is 0.0950 e. The van der Waals surface area contributed by atoms with Gasteiger partial charge in [0.05, 0.1) is 18.5 Å². The average molecular weight is 169 g/mol. The maximum atomic E-state index is 8.70. The van der Waals surface area contributed by atoms with Gasteiger partial charge >= 0.3 is 0 Å². The van der Waals surface area contributed by atoms with Crippen LogP contribution in [0.2, 0.25) is 0 Å². The SMILES string of the molecule is N#CC1=CC=C2C=CN=NC=C2C1. The molecule has 0 N–H and O–H groups in total. The van der Waals surface area contributed by atoms with Crippen molar-refractivity contribution < 1.29 is 0 Å². The second-order valence-electron chi connectivity index (χ2n) is 2.80. The van der Waals surface area contributed by atoms with Crippen LogP contribution in [0.1, 0.15) is 6.42 Å². The van der Waals surface area contributed by atoms with Crippen LogP contribution in [-0.2, 0) is 0 Å². The Balaban J connectivity index is 2.42. The van der Waals surface area contributed by atoms with Crippen molar-refractivity contribution in [1.82, 2.24) is 0 Å². The van der Waals surface area contributed by atoms with Crippen molar-refractivity contribution in [1.29, 1.82) is 5.26 Å². The van der Waals surface area contributed by atoms with Gasteiger partial charge in [-0.15, -0.1) is 0 Å². The van der Waals surface area contributed by atoms with Gasteiger partial charge < -0.3 is 0 Å². The molecule has 0 spiro atoms. The molecular weight excluding hydrogens is 162 g/mol. The van der Waals surface area contributed by atoms with Crippen molar-refractivity contribution >= 4 is 0 Å². The molecule has 0 bridgehead atoms. The standard InChI is InChI=1S/C10H7N3/c11-6-8-1-2-9-3-4-12-13-7-10(9)5-8/h1-4,7H,5H2. The summed E-state index contributed by atoms with van der Waals surface area (Å²) in [5.74, 6) is 0. The fourth-order valence-corrected chi connectivity index (χ4v) is 1.28. The lowest BCUT2D eigenvalue weighted by atomic mass is 9.94. The lowest BCUT2D eigenvalue weighted by molar-refractivity contribution is 1.13. The molecule has 0 fully saturated rings. The van der Waals surface area contributed by atoms with Gasteiger partial charge in [0.25, 0.3) is 0 Å². The fraction of sp³-hybridized carbons (Fsp3) is 0.100. The normalized spacial score (nSPS) is 19.2. The molecule has 1 heterocycles.